The third-order valence-electron chi connectivity index (χ3n) is 6.32. The SMILES string of the molecule is O=C(/C=C/C1CCCO1)NC1CCCC(C2NC3CCCCC3O2)C1. The normalized spacial score (nSPS) is 41.8. The molecule has 5 heteroatoms. The van der Waals surface area contributed by atoms with Gasteiger partial charge in [0.15, 0.2) is 0 Å². The molecule has 0 radical (unpaired) electrons. The van der Waals surface area contributed by atoms with Crippen LogP contribution in [0, 0.1) is 5.92 Å². The highest BCUT2D eigenvalue weighted by Crippen LogP contribution is 2.34. The first kappa shape index (κ1) is 17.5. The van der Waals surface area contributed by atoms with Gasteiger partial charge in [0.1, 0.15) is 6.23 Å². The second-order valence-electron chi connectivity index (χ2n) is 8.20. The molecule has 6 atom stereocenters. The molecular weight excluding hydrogens is 316 g/mol. The Hall–Kier alpha value is -0.910. The van der Waals surface area contributed by atoms with E-state index in [1.165, 1.54) is 38.5 Å². The van der Waals surface area contributed by atoms with Crippen LogP contribution in [-0.2, 0) is 14.3 Å². The molecule has 2 saturated carbocycles. The zero-order valence-corrected chi connectivity index (χ0v) is 15.1. The first-order chi connectivity index (χ1) is 12.3. The minimum atomic E-state index is 0.0233. The average molecular weight is 348 g/mol. The number of nitrogens with one attached hydrogen (secondary N) is 2. The molecule has 6 unspecified atom stereocenters. The zero-order valence-electron chi connectivity index (χ0n) is 15.1. The summed E-state index contributed by atoms with van der Waals surface area (Å²) in [5.74, 6) is 0.543. The molecule has 4 aliphatic rings. The molecular formula is C20H32N2O3. The van der Waals surface area contributed by atoms with Gasteiger partial charge in [-0.25, -0.2) is 0 Å². The van der Waals surface area contributed by atoms with Gasteiger partial charge in [0, 0.05) is 30.7 Å². The van der Waals surface area contributed by atoms with E-state index in [9.17, 15) is 4.79 Å². The lowest BCUT2D eigenvalue weighted by molar-refractivity contribution is -0.117. The van der Waals surface area contributed by atoms with Crippen molar-refractivity contribution in [1.29, 1.82) is 0 Å². The van der Waals surface area contributed by atoms with E-state index in [0.717, 1.165) is 32.3 Å². The molecule has 2 N–H and O–H groups in total. The fourth-order valence-corrected chi connectivity index (χ4v) is 4.97. The largest absolute Gasteiger partial charge is 0.374 e. The van der Waals surface area contributed by atoms with E-state index < -0.39 is 0 Å². The van der Waals surface area contributed by atoms with E-state index in [0.29, 0.717) is 18.1 Å². The molecule has 140 valence electrons. The summed E-state index contributed by atoms with van der Waals surface area (Å²) in [5, 5.41) is 6.93. The van der Waals surface area contributed by atoms with Crippen LogP contribution in [0.15, 0.2) is 12.2 Å². The number of carbonyl (C=O) groups is 1. The summed E-state index contributed by atoms with van der Waals surface area (Å²) in [4.78, 5) is 12.2. The van der Waals surface area contributed by atoms with Crippen LogP contribution >= 0.6 is 0 Å². The summed E-state index contributed by atoms with van der Waals surface area (Å²) >= 11 is 0. The van der Waals surface area contributed by atoms with Crippen LogP contribution in [0.3, 0.4) is 0 Å². The molecule has 25 heavy (non-hydrogen) atoms. The first-order valence-electron chi connectivity index (χ1n) is 10.3. The monoisotopic (exact) mass is 348 g/mol. The van der Waals surface area contributed by atoms with E-state index >= 15 is 0 Å². The second kappa shape index (κ2) is 8.19. The van der Waals surface area contributed by atoms with Crippen molar-refractivity contribution in [3.8, 4) is 0 Å². The van der Waals surface area contributed by atoms with Gasteiger partial charge in [0.2, 0.25) is 5.91 Å². The Morgan fingerprint density at radius 3 is 2.80 bits per heavy atom. The molecule has 0 bridgehead atoms. The molecule has 0 aromatic rings. The summed E-state index contributed by atoms with van der Waals surface area (Å²) < 4.78 is 11.9. The second-order valence-corrected chi connectivity index (χ2v) is 8.20. The minimum absolute atomic E-state index is 0.0233. The van der Waals surface area contributed by atoms with E-state index in [1.54, 1.807) is 6.08 Å². The maximum Gasteiger partial charge on any atom is 0.243 e. The maximum absolute atomic E-state index is 12.2. The van der Waals surface area contributed by atoms with E-state index in [2.05, 4.69) is 10.6 Å². The van der Waals surface area contributed by atoms with Gasteiger partial charge in [-0.1, -0.05) is 25.3 Å². The Morgan fingerprint density at radius 2 is 1.96 bits per heavy atom. The van der Waals surface area contributed by atoms with Crippen LogP contribution in [0.2, 0.25) is 0 Å². The van der Waals surface area contributed by atoms with Crippen molar-refractivity contribution in [1.82, 2.24) is 10.6 Å². The number of fused-ring (bicyclic) bond motifs is 1. The highest BCUT2D eigenvalue weighted by Gasteiger charge is 2.40. The van der Waals surface area contributed by atoms with Crippen LogP contribution in [-0.4, -0.2) is 43.0 Å². The van der Waals surface area contributed by atoms with Crippen molar-refractivity contribution >= 4 is 5.91 Å². The molecule has 4 fully saturated rings. The number of ether oxygens (including phenoxy) is 2. The van der Waals surface area contributed by atoms with Crippen molar-refractivity contribution in [2.75, 3.05) is 6.61 Å². The van der Waals surface area contributed by atoms with Gasteiger partial charge in [0.25, 0.3) is 0 Å². The number of rotatable bonds is 4. The lowest BCUT2D eigenvalue weighted by atomic mass is 9.84. The predicted molar refractivity (Wildman–Crippen MR) is 96.1 cm³/mol. The van der Waals surface area contributed by atoms with Gasteiger partial charge in [-0.2, -0.15) is 0 Å². The highest BCUT2D eigenvalue weighted by molar-refractivity contribution is 5.87. The minimum Gasteiger partial charge on any atom is -0.374 e. The van der Waals surface area contributed by atoms with E-state index in [4.69, 9.17) is 9.47 Å². The molecule has 2 heterocycles. The topological polar surface area (TPSA) is 59.6 Å². The lowest BCUT2D eigenvalue weighted by Crippen LogP contribution is -2.44. The van der Waals surface area contributed by atoms with Gasteiger partial charge >= 0.3 is 0 Å². The third kappa shape index (κ3) is 4.44. The highest BCUT2D eigenvalue weighted by atomic mass is 16.5. The Bertz CT molecular complexity index is 475. The smallest absolute Gasteiger partial charge is 0.243 e. The Labute approximate surface area is 150 Å². The fourth-order valence-electron chi connectivity index (χ4n) is 4.97. The molecule has 2 aliphatic carbocycles. The Morgan fingerprint density at radius 1 is 1.04 bits per heavy atom. The lowest BCUT2D eigenvalue weighted by Gasteiger charge is -2.32. The van der Waals surface area contributed by atoms with Crippen LogP contribution in [0.4, 0.5) is 0 Å². The quantitative estimate of drug-likeness (QED) is 0.767. The fraction of sp³-hybridized carbons (Fsp3) is 0.850. The Balaban J connectivity index is 1.25. The van der Waals surface area contributed by atoms with Crippen LogP contribution in [0.1, 0.15) is 64.2 Å². The summed E-state index contributed by atoms with van der Waals surface area (Å²) in [6, 6.07) is 0.830. The molecule has 2 aliphatic heterocycles. The maximum atomic E-state index is 12.2. The third-order valence-corrected chi connectivity index (χ3v) is 6.32. The molecule has 0 aromatic heterocycles. The van der Waals surface area contributed by atoms with Gasteiger partial charge in [-0.05, 0) is 44.9 Å². The van der Waals surface area contributed by atoms with Crippen LogP contribution in [0.25, 0.3) is 0 Å². The van der Waals surface area contributed by atoms with Crippen molar-refractivity contribution in [2.24, 2.45) is 5.92 Å². The number of amides is 1. The van der Waals surface area contributed by atoms with E-state index in [1.807, 2.05) is 6.08 Å². The summed E-state index contributed by atoms with van der Waals surface area (Å²) in [6.07, 6.45) is 16.0. The van der Waals surface area contributed by atoms with Crippen molar-refractivity contribution < 1.29 is 14.3 Å². The molecule has 0 aromatic carbocycles. The molecule has 5 nitrogen and oxygen atoms in total. The molecule has 4 rings (SSSR count). The Kier molecular flexibility index (Phi) is 5.73. The number of carbonyl (C=O) groups excluding carboxylic acids is 1. The van der Waals surface area contributed by atoms with Crippen LogP contribution < -0.4 is 10.6 Å². The summed E-state index contributed by atoms with van der Waals surface area (Å²) in [6.45, 7) is 0.817. The van der Waals surface area contributed by atoms with Crippen molar-refractivity contribution in [2.45, 2.75) is 94.7 Å². The summed E-state index contributed by atoms with van der Waals surface area (Å²) in [5.41, 5.74) is 0. The van der Waals surface area contributed by atoms with Crippen molar-refractivity contribution in [3.63, 3.8) is 0 Å². The van der Waals surface area contributed by atoms with Gasteiger partial charge < -0.3 is 14.8 Å². The van der Waals surface area contributed by atoms with Gasteiger partial charge in [-0.3, -0.25) is 10.1 Å². The number of hydrogen-bond acceptors (Lipinski definition) is 4. The zero-order chi connectivity index (χ0) is 17.1. The molecule has 2 saturated heterocycles. The average Bonchev–Trinajstić information content (AvgIpc) is 3.29. The first-order valence-corrected chi connectivity index (χ1v) is 10.3. The number of hydrogen-bond donors (Lipinski definition) is 2. The molecule has 0 spiro atoms. The summed E-state index contributed by atoms with van der Waals surface area (Å²) in [7, 11) is 0. The molecule has 1 amide bonds. The predicted octanol–water partition coefficient (Wildman–Crippen LogP) is 2.65. The van der Waals surface area contributed by atoms with Gasteiger partial charge in [0.05, 0.1) is 12.2 Å². The standard InChI is InChI=1S/C20H32N2O3/c23-19(11-10-16-7-4-12-24-16)21-15-6-3-5-14(13-15)20-22-17-8-1-2-9-18(17)25-20/h10-11,14-18,20,22H,1-9,12-13H2,(H,21,23)/b11-10+. The van der Waals surface area contributed by atoms with Gasteiger partial charge in [-0.15, -0.1) is 0 Å². The van der Waals surface area contributed by atoms with Crippen molar-refractivity contribution in [3.05, 3.63) is 12.2 Å². The van der Waals surface area contributed by atoms with E-state index in [-0.39, 0.29) is 24.3 Å². The van der Waals surface area contributed by atoms with Crippen LogP contribution in [0.5, 0.6) is 0 Å².